The third-order valence-electron chi connectivity index (χ3n) is 2.57. The number of ether oxygens (including phenoxy) is 1. The zero-order chi connectivity index (χ0) is 14.5. The van der Waals surface area contributed by atoms with Crippen molar-refractivity contribution in [1.29, 1.82) is 0 Å². The lowest BCUT2D eigenvalue weighted by Crippen LogP contribution is -2.16. The number of aryl methyl sites for hydroxylation is 1. The van der Waals surface area contributed by atoms with Gasteiger partial charge in [-0.1, -0.05) is 12.1 Å². The van der Waals surface area contributed by atoms with E-state index in [2.05, 4.69) is 15.3 Å². The van der Waals surface area contributed by atoms with Crippen LogP contribution in [0.4, 0.5) is 5.95 Å². The van der Waals surface area contributed by atoms with Crippen molar-refractivity contribution in [2.24, 2.45) is 0 Å². The van der Waals surface area contributed by atoms with Gasteiger partial charge in [0.15, 0.2) is 0 Å². The van der Waals surface area contributed by atoms with Crippen LogP contribution in [-0.2, 0) is 11.2 Å². The number of aromatic hydroxyl groups is 1. The number of benzene rings is 1. The summed E-state index contributed by atoms with van der Waals surface area (Å²) in [6, 6.07) is 8.21. The zero-order valence-electron chi connectivity index (χ0n) is 11.3. The Kier molecular flexibility index (Phi) is 4.14. The molecule has 0 unspecified atom stereocenters. The van der Waals surface area contributed by atoms with E-state index in [1.54, 1.807) is 31.2 Å². The molecule has 0 atom stereocenters. The molecule has 0 saturated carbocycles. The summed E-state index contributed by atoms with van der Waals surface area (Å²) < 4.78 is 5.02. The molecular weight excluding hydrogens is 258 g/mol. The van der Waals surface area contributed by atoms with Gasteiger partial charge in [0.2, 0.25) is 17.7 Å². The maximum absolute atomic E-state index is 11.9. The van der Waals surface area contributed by atoms with E-state index in [1.807, 2.05) is 0 Å². The number of nitrogens with one attached hydrogen (secondary N) is 1. The first-order valence-corrected chi connectivity index (χ1v) is 6.04. The number of rotatable bonds is 4. The van der Waals surface area contributed by atoms with E-state index in [0.29, 0.717) is 17.1 Å². The third kappa shape index (κ3) is 3.68. The second kappa shape index (κ2) is 6.01. The maximum Gasteiger partial charge on any atom is 0.232 e. The number of aromatic nitrogens is 2. The van der Waals surface area contributed by atoms with Crippen LogP contribution in [0.5, 0.6) is 11.6 Å². The summed E-state index contributed by atoms with van der Waals surface area (Å²) >= 11 is 0. The number of nitrogens with zero attached hydrogens (tertiary/aromatic N) is 2. The lowest BCUT2D eigenvalue weighted by molar-refractivity contribution is -0.115. The maximum atomic E-state index is 11.9. The van der Waals surface area contributed by atoms with Crippen molar-refractivity contribution >= 4 is 11.9 Å². The van der Waals surface area contributed by atoms with Gasteiger partial charge in [-0.25, -0.2) is 4.98 Å². The van der Waals surface area contributed by atoms with Crippen LogP contribution in [0.15, 0.2) is 30.3 Å². The van der Waals surface area contributed by atoms with Crippen LogP contribution in [0.1, 0.15) is 11.3 Å². The molecule has 1 heterocycles. The lowest BCUT2D eigenvalue weighted by atomic mass is 10.1. The molecular formula is C14H15N3O3. The van der Waals surface area contributed by atoms with Crippen LogP contribution in [0.2, 0.25) is 0 Å². The Morgan fingerprint density at radius 1 is 1.35 bits per heavy atom. The Labute approximate surface area is 116 Å². The highest BCUT2D eigenvalue weighted by Crippen LogP contribution is 2.13. The number of phenols is 1. The molecule has 0 aliphatic carbocycles. The van der Waals surface area contributed by atoms with E-state index >= 15 is 0 Å². The number of methoxy groups -OCH3 is 1. The molecule has 20 heavy (non-hydrogen) atoms. The summed E-state index contributed by atoms with van der Waals surface area (Å²) in [6.07, 6.45) is 0.133. The van der Waals surface area contributed by atoms with Gasteiger partial charge in [-0.05, 0) is 24.6 Å². The minimum Gasteiger partial charge on any atom is -0.508 e. The van der Waals surface area contributed by atoms with Crippen LogP contribution in [0.25, 0.3) is 0 Å². The van der Waals surface area contributed by atoms with Crippen LogP contribution >= 0.6 is 0 Å². The van der Waals surface area contributed by atoms with Gasteiger partial charge in [0.1, 0.15) is 5.75 Å². The molecule has 104 valence electrons. The van der Waals surface area contributed by atoms with Gasteiger partial charge in [-0.2, -0.15) is 4.98 Å². The summed E-state index contributed by atoms with van der Waals surface area (Å²) in [7, 11) is 1.50. The molecule has 0 aliphatic rings. The molecule has 0 radical (unpaired) electrons. The molecule has 0 bridgehead atoms. The molecule has 0 aliphatic heterocycles. The zero-order valence-corrected chi connectivity index (χ0v) is 11.3. The second-order valence-corrected chi connectivity index (χ2v) is 4.27. The largest absolute Gasteiger partial charge is 0.508 e. The van der Waals surface area contributed by atoms with E-state index in [-0.39, 0.29) is 24.0 Å². The number of amides is 1. The van der Waals surface area contributed by atoms with Crippen LogP contribution in [0, 0.1) is 6.92 Å². The van der Waals surface area contributed by atoms with E-state index in [0.717, 1.165) is 0 Å². The van der Waals surface area contributed by atoms with Gasteiger partial charge >= 0.3 is 0 Å². The molecule has 1 amide bonds. The minimum absolute atomic E-state index is 0.128. The minimum atomic E-state index is -0.261. The van der Waals surface area contributed by atoms with Crippen LogP contribution in [-0.4, -0.2) is 28.1 Å². The number of anilines is 1. The summed E-state index contributed by atoms with van der Waals surface area (Å²) in [6.45, 7) is 1.79. The molecule has 2 N–H and O–H groups in total. The first kappa shape index (κ1) is 13.8. The first-order chi connectivity index (χ1) is 9.56. The van der Waals surface area contributed by atoms with Gasteiger partial charge in [-0.3, -0.25) is 10.1 Å². The van der Waals surface area contributed by atoms with Gasteiger partial charge in [0.25, 0.3) is 0 Å². The van der Waals surface area contributed by atoms with E-state index in [9.17, 15) is 9.90 Å². The topological polar surface area (TPSA) is 84.3 Å². The highest BCUT2D eigenvalue weighted by Gasteiger charge is 2.08. The van der Waals surface area contributed by atoms with E-state index in [4.69, 9.17) is 4.74 Å². The molecule has 2 aromatic rings. The van der Waals surface area contributed by atoms with Crippen molar-refractivity contribution in [2.45, 2.75) is 13.3 Å². The van der Waals surface area contributed by atoms with Crippen molar-refractivity contribution < 1.29 is 14.6 Å². The van der Waals surface area contributed by atoms with Crippen molar-refractivity contribution in [3.8, 4) is 11.6 Å². The highest BCUT2D eigenvalue weighted by atomic mass is 16.5. The molecule has 2 rings (SSSR count). The van der Waals surface area contributed by atoms with Crippen molar-refractivity contribution in [3.05, 3.63) is 41.6 Å². The number of carbonyl (C=O) groups is 1. The summed E-state index contributed by atoms with van der Waals surface area (Å²) in [5, 5.41) is 12.0. The highest BCUT2D eigenvalue weighted by molar-refractivity contribution is 5.90. The predicted octanol–water partition coefficient (Wildman–Crippen LogP) is 1.68. The Hall–Kier alpha value is -2.63. The normalized spacial score (nSPS) is 10.1. The molecule has 6 heteroatoms. The van der Waals surface area contributed by atoms with Crippen LogP contribution in [0.3, 0.4) is 0 Å². The summed E-state index contributed by atoms with van der Waals surface area (Å²) in [5.74, 6) is 0.462. The summed E-state index contributed by atoms with van der Waals surface area (Å²) in [4.78, 5) is 20.0. The fourth-order valence-corrected chi connectivity index (χ4v) is 1.72. The standard InChI is InChI=1S/C14H15N3O3/c1-9-6-13(20-2)17-14(15-9)16-12(19)8-10-4-3-5-11(18)7-10/h3-7,18H,8H2,1-2H3,(H,15,16,17,19). The average Bonchev–Trinajstić information content (AvgIpc) is 2.37. The lowest BCUT2D eigenvalue weighted by Gasteiger charge is -2.06. The van der Waals surface area contributed by atoms with Gasteiger partial charge < -0.3 is 9.84 Å². The Morgan fingerprint density at radius 3 is 2.85 bits per heavy atom. The fourth-order valence-electron chi connectivity index (χ4n) is 1.72. The van der Waals surface area contributed by atoms with Crippen LogP contribution < -0.4 is 10.1 Å². The Morgan fingerprint density at radius 2 is 2.15 bits per heavy atom. The predicted molar refractivity (Wildman–Crippen MR) is 73.8 cm³/mol. The van der Waals surface area contributed by atoms with Crippen molar-refractivity contribution in [2.75, 3.05) is 12.4 Å². The molecule has 0 saturated heterocycles. The number of hydrogen-bond donors (Lipinski definition) is 2. The SMILES string of the molecule is COc1cc(C)nc(NC(=O)Cc2cccc(O)c2)n1. The number of carbonyl (C=O) groups excluding carboxylic acids is 1. The van der Waals surface area contributed by atoms with Crippen molar-refractivity contribution in [1.82, 2.24) is 9.97 Å². The van der Waals surface area contributed by atoms with Gasteiger partial charge in [-0.15, -0.1) is 0 Å². The van der Waals surface area contributed by atoms with Crippen molar-refractivity contribution in [3.63, 3.8) is 0 Å². The quantitative estimate of drug-likeness (QED) is 0.885. The third-order valence-corrected chi connectivity index (χ3v) is 2.57. The average molecular weight is 273 g/mol. The van der Waals surface area contributed by atoms with E-state index < -0.39 is 0 Å². The smallest absolute Gasteiger partial charge is 0.232 e. The molecule has 1 aromatic heterocycles. The Bertz CT molecular complexity index is 629. The monoisotopic (exact) mass is 273 g/mol. The second-order valence-electron chi connectivity index (χ2n) is 4.27. The number of hydrogen-bond acceptors (Lipinski definition) is 5. The number of phenolic OH excluding ortho intramolecular Hbond substituents is 1. The Balaban J connectivity index is 2.06. The molecule has 1 aromatic carbocycles. The fraction of sp³-hybridized carbons (Fsp3) is 0.214. The molecule has 0 spiro atoms. The first-order valence-electron chi connectivity index (χ1n) is 6.04. The summed E-state index contributed by atoms with van der Waals surface area (Å²) in [5.41, 5.74) is 1.41. The molecule has 6 nitrogen and oxygen atoms in total. The van der Waals surface area contributed by atoms with Gasteiger partial charge in [0, 0.05) is 11.8 Å². The van der Waals surface area contributed by atoms with E-state index in [1.165, 1.54) is 13.2 Å². The molecule has 0 fully saturated rings. The van der Waals surface area contributed by atoms with Gasteiger partial charge in [0.05, 0.1) is 13.5 Å².